The van der Waals surface area contributed by atoms with Crippen LogP contribution < -0.4 is 0 Å². The van der Waals surface area contributed by atoms with Crippen molar-refractivity contribution in [1.82, 2.24) is 9.80 Å². The van der Waals surface area contributed by atoms with E-state index >= 15 is 0 Å². The Hall–Kier alpha value is -1.36. The largest absolute Gasteiger partial charge is 0.345 e. The Balaban J connectivity index is 1.79. The van der Waals surface area contributed by atoms with Crippen molar-refractivity contribution >= 4 is 23.2 Å². The lowest BCUT2D eigenvalue weighted by Crippen LogP contribution is -2.36. The molecule has 4 nitrogen and oxygen atoms in total. The monoisotopic (exact) mass is 292 g/mol. The topological polar surface area (TPSA) is 40.6 Å². The maximum atomic E-state index is 12.7. The first-order chi connectivity index (χ1) is 9.58. The van der Waals surface area contributed by atoms with Crippen LogP contribution in [0.4, 0.5) is 0 Å². The highest BCUT2D eigenvalue weighted by molar-refractivity contribution is 7.10. The van der Waals surface area contributed by atoms with E-state index in [0.717, 1.165) is 11.4 Å². The van der Waals surface area contributed by atoms with Gasteiger partial charge in [-0.2, -0.15) is 0 Å². The second-order valence-corrected chi connectivity index (χ2v) is 6.92. The molecule has 1 aliphatic carbocycles. The van der Waals surface area contributed by atoms with Gasteiger partial charge >= 0.3 is 0 Å². The molecule has 2 amide bonds. The fraction of sp³-hybridized carbons (Fsp3) is 0.600. The van der Waals surface area contributed by atoms with Crippen molar-refractivity contribution in [3.8, 4) is 0 Å². The fourth-order valence-corrected chi connectivity index (χ4v) is 3.93. The second kappa shape index (κ2) is 5.20. The molecule has 108 valence electrons. The van der Waals surface area contributed by atoms with Crippen molar-refractivity contribution in [2.75, 3.05) is 20.6 Å². The zero-order valence-corrected chi connectivity index (χ0v) is 12.7. The minimum Gasteiger partial charge on any atom is -0.345 e. The molecule has 0 aromatic carbocycles. The molecule has 2 atom stereocenters. The smallest absolute Gasteiger partial charge is 0.228 e. The number of thiophene rings is 1. The molecular formula is C15H20N2O2S. The third kappa shape index (κ3) is 2.46. The van der Waals surface area contributed by atoms with Gasteiger partial charge in [-0.25, -0.2) is 0 Å². The summed E-state index contributed by atoms with van der Waals surface area (Å²) in [7, 11) is 3.68. The van der Waals surface area contributed by atoms with Gasteiger partial charge in [-0.05, 0) is 30.2 Å². The molecule has 1 saturated carbocycles. The summed E-state index contributed by atoms with van der Waals surface area (Å²) in [6.07, 6.45) is 2.80. The summed E-state index contributed by atoms with van der Waals surface area (Å²) in [6, 6.07) is 3.91. The van der Waals surface area contributed by atoms with Crippen LogP contribution >= 0.6 is 11.3 Å². The Morgan fingerprint density at radius 1 is 1.50 bits per heavy atom. The van der Waals surface area contributed by atoms with Gasteiger partial charge in [0, 0.05) is 31.9 Å². The highest BCUT2D eigenvalue weighted by Gasteiger charge is 2.44. The quantitative estimate of drug-likeness (QED) is 0.853. The minimum absolute atomic E-state index is 0.0709. The number of hydrogen-bond donors (Lipinski definition) is 0. The number of carbonyl (C=O) groups is 2. The minimum atomic E-state index is -0.227. The Morgan fingerprint density at radius 3 is 2.85 bits per heavy atom. The van der Waals surface area contributed by atoms with Crippen LogP contribution in [0.25, 0.3) is 0 Å². The molecule has 3 rings (SSSR count). The van der Waals surface area contributed by atoms with E-state index < -0.39 is 0 Å². The van der Waals surface area contributed by atoms with Crippen LogP contribution in [-0.2, 0) is 9.59 Å². The first kappa shape index (κ1) is 13.6. The van der Waals surface area contributed by atoms with Crippen molar-refractivity contribution in [2.45, 2.75) is 25.3 Å². The standard InChI is InChI=1S/C15H20N2O2S/c1-16(9-10-5-6-10)15(19)11-8-13(18)17(2)14(11)12-4-3-7-20-12/h3-4,7,10-11,14H,5-6,8-9H2,1-2H3. The van der Waals surface area contributed by atoms with Gasteiger partial charge in [0.15, 0.2) is 0 Å². The molecule has 2 aliphatic rings. The molecule has 1 aliphatic heterocycles. The predicted molar refractivity (Wildman–Crippen MR) is 78.3 cm³/mol. The van der Waals surface area contributed by atoms with Crippen LogP contribution in [0.1, 0.15) is 30.2 Å². The normalized spacial score (nSPS) is 26.1. The van der Waals surface area contributed by atoms with Crippen LogP contribution in [0, 0.1) is 11.8 Å². The summed E-state index contributed by atoms with van der Waals surface area (Å²) in [5.41, 5.74) is 0. The van der Waals surface area contributed by atoms with Gasteiger partial charge in [-0.1, -0.05) is 6.07 Å². The zero-order valence-electron chi connectivity index (χ0n) is 11.9. The highest BCUT2D eigenvalue weighted by atomic mass is 32.1. The molecule has 2 heterocycles. The van der Waals surface area contributed by atoms with Crippen molar-refractivity contribution < 1.29 is 9.59 Å². The molecule has 0 N–H and O–H groups in total. The van der Waals surface area contributed by atoms with Gasteiger partial charge < -0.3 is 9.80 Å². The third-order valence-electron chi connectivity index (χ3n) is 4.34. The molecular weight excluding hydrogens is 272 g/mol. The molecule has 1 aromatic rings. The van der Waals surface area contributed by atoms with E-state index in [4.69, 9.17) is 0 Å². The molecule has 0 bridgehead atoms. The Kier molecular flexibility index (Phi) is 3.54. The van der Waals surface area contributed by atoms with Crippen molar-refractivity contribution in [3.63, 3.8) is 0 Å². The van der Waals surface area contributed by atoms with Gasteiger partial charge in [-0.15, -0.1) is 11.3 Å². The second-order valence-electron chi connectivity index (χ2n) is 5.94. The lowest BCUT2D eigenvalue weighted by atomic mass is 9.97. The molecule has 2 fully saturated rings. The van der Waals surface area contributed by atoms with Gasteiger partial charge in [-0.3, -0.25) is 9.59 Å². The predicted octanol–water partition coefficient (Wildman–Crippen LogP) is 2.14. The summed E-state index contributed by atoms with van der Waals surface area (Å²) in [5, 5.41) is 2.00. The van der Waals surface area contributed by atoms with Crippen LogP contribution in [0.15, 0.2) is 17.5 Å². The Bertz CT molecular complexity index is 510. The summed E-state index contributed by atoms with van der Waals surface area (Å²) < 4.78 is 0. The van der Waals surface area contributed by atoms with Crippen molar-refractivity contribution in [3.05, 3.63) is 22.4 Å². The number of hydrogen-bond acceptors (Lipinski definition) is 3. The van der Waals surface area contributed by atoms with Gasteiger partial charge in [0.2, 0.25) is 11.8 Å². The van der Waals surface area contributed by atoms with Crippen LogP contribution in [0.2, 0.25) is 0 Å². The average molecular weight is 292 g/mol. The number of rotatable bonds is 4. The lowest BCUT2D eigenvalue weighted by Gasteiger charge is -2.27. The summed E-state index contributed by atoms with van der Waals surface area (Å²) in [5.74, 6) is 0.642. The fourth-order valence-electron chi connectivity index (χ4n) is 3.00. The first-order valence-electron chi connectivity index (χ1n) is 7.12. The number of nitrogens with zero attached hydrogens (tertiary/aromatic N) is 2. The third-order valence-corrected chi connectivity index (χ3v) is 5.29. The molecule has 0 spiro atoms. The van der Waals surface area contributed by atoms with Crippen molar-refractivity contribution in [1.29, 1.82) is 0 Å². The van der Waals surface area contributed by atoms with Crippen LogP contribution in [-0.4, -0.2) is 42.3 Å². The summed E-state index contributed by atoms with van der Waals surface area (Å²) >= 11 is 1.62. The molecule has 5 heteroatoms. The van der Waals surface area contributed by atoms with Crippen LogP contribution in [0.5, 0.6) is 0 Å². The Labute approximate surface area is 123 Å². The maximum Gasteiger partial charge on any atom is 0.228 e. The van der Waals surface area contributed by atoms with Crippen LogP contribution in [0.3, 0.4) is 0 Å². The van der Waals surface area contributed by atoms with E-state index in [1.165, 1.54) is 12.8 Å². The van der Waals surface area contributed by atoms with E-state index in [9.17, 15) is 9.59 Å². The van der Waals surface area contributed by atoms with Gasteiger partial charge in [0.05, 0.1) is 12.0 Å². The van der Waals surface area contributed by atoms with E-state index in [-0.39, 0.29) is 23.8 Å². The van der Waals surface area contributed by atoms with Gasteiger partial charge in [0.1, 0.15) is 0 Å². The summed E-state index contributed by atoms with van der Waals surface area (Å²) in [6.45, 7) is 0.838. The average Bonchev–Trinajstić information content (AvgIpc) is 2.97. The number of amides is 2. The maximum absolute atomic E-state index is 12.7. The summed E-state index contributed by atoms with van der Waals surface area (Å²) in [4.78, 5) is 29.3. The van der Waals surface area contributed by atoms with E-state index in [2.05, 4.69) is 0 Å². The first-order valence-corrected chi connectivity index (χ1v) is 8.00. The van der Waals surface area contributed by atoms with E-state index in [1.807, 2.05) is 29.5 Å². The molecule has 2 unspecified atom stereocenters. The molecule has 1 saturated heterocycles. The van der Waals surface area contributed by atoms with E-state index in [0.29, 0.717) is 12.3 Å². The van der Waals surface area contributed by atoms with Crippen molar-refractivity contribution in [2.24, 2.45) is 11.8 Å². The molecule has 20 heavy (non-hydrogen) atoms. The highest BCUT2D eigenvalue weighted by Crippen LogP contribution is 2.40. The molecule has 1 aromatic heterocycles. The Morgan fingerprint density at radius 2 is 2.25 bits per heavy atom. The van der Waals surface area contributed by atoms with Gasteiger partial charge in [0.25, 0.3) is 0 Å². The number of likely N-dealkylation sites (tertiary alicyclic amines) is 1. The molecule has 0 radical (unpaired) electrons. The zero-order chi connectivity index (χ0) is 14.3. The SMILES string of the molecule is CN(CC1CC1)C(=O)C1CC(=O)N(C)C1c1cccs1. The van der Waals surface area contributed by atoms with E-state index in [1.54, 1.807) is 23.3 Å². The number of carbonyl (C=O) groups excluding carboxylic acids is 2. The lowest BCUT2D eigenvalue weighted by molar-refractivity contribution is -0.135.